The number of aryl methyl sites for hydroxylation is 1. The molecule has 0 unspecified atom stereocenters. The average Bonchev–Trinajstić information content (AvgIpc) is 2.65. The van der Waals surface area contributed by atoms with Crippen LogP contribution >= 0.6 is 12.2 Å². The maximum absolute atomic E-state index is 5.78. The Hall–Kier alpha value is -2.11. The number of anilines is 1. The number of rotatable bonds is 5. The van der Waals surface area contributed by atoms with E-state index in [9.17, 15) is 0 Å². The van der Waals surface area contributed by atoms with Gasteiger partial charge in [0.2, 0.25) is 0 Å². The molecule has 0 aliphatic carbocycles. The molecule has 1 aliphatic heterocycles. The van der Waals surface area contributed by atoms with Gasteiger partial charge >= 0.3 is 0 Å². The van der Waals surface area contributed by atoms with Crippen molar-refractivity contribution >= 4 is 23.0 Å². The number of nitrogens with zero attached hydrogens (tertiary/aromatic N) is 2. The minimum atomic E-state index is 0.718. The molecule has 1 N–H and O–H groups in total. The third-order valence-corrected chi connectivity index (χ3v) is 4.74. The zero-order valence-corrected chi connectivity index (χ0v) is 15.5. The van der Waals surface area contributed by atoms with Crippen molar-refractivity contribution in [1.29, 1.82) is 0 Å². The van der Waals surface area contributed by atoms with E-state index in [2.05, 4.69) is 46.3 Å². The summed E-state index contributed by atoms with van der Waals surface area (Å²) >= 11 is 5.55. The number of thiocarbonyl (C=S) groups is 1. The van der Waals surface area contributed by atoms with Crippen LogP contribution in [-0.2, 0) is 0 Å². The van der Waals surface area contributed by atoms with Crippen LogP contribution in [0.4, 0.5) is 5.69 Å². The molecule has 2 aromatic rings. The molecule has 0 saturated carbocycles. The number of hydrogen-bond acceptors (Lipinski definition) is 3. The standard InChI is InChI=1S/C20H25N3OS/c1-17-7-9-18(10-8-17)21-20(25)23-13-11-22(12-14-23)15-16-24-19-5-3-2-4-6-19/h2-10H,11-16H2,1H3,(H,21,25). The number of ether oxygens (including phenoxy) is 1. The van der Waals surface area contributed by atoms with Crippen molar-refractivity contribution in [2.24, 2.45) is 0 Å². The molecular weight excluding hydrogens is 330 g/mol. The summed E-state index contributed by atoms with van der Waals surface area (Å²) < 4.78 is 5.78. The topological polar surface area (TPSA) is 27.7 Å². The Bertz CT molecular complexity index is 667. The van der Waals surface area contributed by atoms with Gasteiger partial charge in [-0.15, -0.1) is 0 Å². The second-order valence-electron chi connectivity index (χ2n) is 6.29. The predicted molar refractivity (Wildman–Crippen MR) is 107 cm³/mol. The first kappa shape index (κ1) is 17.7. The van der Waals surface area contributed by atoms with Gasteiger partial charge in [-0.05, 0) is 43.4 Å². The first-order valence-electron chi connectivity index (χ1n) is 8.73. The molecule has 132 valence electrons. The quantitative estimate of drug-likeness (QED) is 0.830. The van der Waals surface area contributed by atoms with E-state index in [1.165, 1.54) is 5.56 Å². The van der Waals surface area contributed by atoms with Gasteiger partial charge in [-0.2, -0.15) is 0 Å². The van der Waals surface area contributed by atoms with Gasteiger partial charge < -0.3 is 15.0 Å². The summed E-state index contributed by atoms with van der Waals surface area (Å²) in [5, 5.41) is 4.14. The van der Waals surface area contributed by atoms with E-state index in [1.807, 2.05) is 30.3 Å². The van der Waals surface area contributed by atoms with Gasteiger partial charge in [0, 0.05) is 38.4 Å². The highest BCUT2D eigenvalue weighted by atomic mass is 32.1. The molecule has 3 rings (SSSR count). The van der Waals surface area contributed by atoms with Gasteiger partial charge in [-0.25, -0.2) is 0 Å². The Labute approximate surface area is 155 Å². The highest BCUT2D eigenvalue weighted by Gasteiger charge is 2.18. The zero-order chi connectivity index (χ0) is 17.5. The molecule has 5 heteroatoms. The molecule has 4 nitrogen and oxygen atoms in total. The van der Waals surface area contributed by atoms with Crippen LogP contribution in [0, 0.1) is 6.92 Å². The van der Waals surface area contributed by atoms with E-state index in [-0.39, 0.29) is 0 Å². The maximum Gasteiger partial charge on any atom is 0.173 e. The fourth-order valence-corrected chi connectivity index (χ4v) is 3.12. The lowest BCUT2D eigenvalue weighted by atomic mass is 10.2. The molecule has 1 saturated heterocycles. The van der Waals surface area contributed by atoms with Crippen molar-refractivity contribution < 1.29 is 4.74 Å². The largest absolute Gasteiger partial charge is 0.492 e. The monoisotopic (exact) mass is 355 g/mol. The van der Waals surface area contributed by atoms with Crippen LogP contribution < -0.4 is 10.1 Å². The summed E-state index contributed by atoms with van der Waals surface area (Å²) in [5.74, 6) is 0.935. The highest BCUT2D eigenvalue weighted by Crippen LogP contribution is 2.12. The van der Waals surface area contributed by atoms with Gasteiger partial charge in [-0.1, -0.05) is 35.9 Å². The van der Waals surface area contributed by atoms with E-state index in [1.54, 1.807) is 0 Å². The fraction of sp³-hybridized carbons (Fsp3) is 0.350. The van der Waals surface area contributed by atoms with Crippen LogP contribution in [0.3, 0.4) is 0 Å². The number of hydrogen-bond donors (Lipinski definition) is 1. The molecule has 0 atom stereocenters. The Balaban J connectivity index is 1.37. The highest BCUT2D eigenvalue weighted by molar-refractivity contribution is 7.80. The molecule has 1 fully saturated rings. The lowest BCUT2D eigenvalue weighted by molar-refractivity contribution is 0.155. The lowest BCUT2D eigenvalue weighted by Gasteiger charge is -2.36. The normalized spacial score (nSPS) is 15.0. The van der Waals surface area contributed by atoms with Gasteiger partial charge in [0.1, 0.15) is 12.4 Å². The van der Waals surface area contributed by atoms with Crippen LogP contribution in [-0.4, -0.2) is 54.2 Å². The summed E-state index contributed by atoms with van der Waals surface area (Å²) in [4.78, 5) is 4.66. The van der Waals surface area contributed by atoms with Gasteiger partial charge in [0.05, 0.1) is 0 Å². The molecular formula is C20H25N3OS. The molecule has 0 radical (unpaired) electrons. The van der Waals surface area contributed by atoms with Crippen LogP contribution in [0.2, 0.25) is 0 Å². The number of piperazine rings is 1. The van der Waals surface area contributed by atoms with Gasteiger partial charge in [0.25, 0.3) is 0 Å². The minimum Gasteiger partial charge on any atom is -0.492 e. The summed E-state index contributed by atoms with van der Waals surface area (Å²) in [6.07, 6.45) is 0. The van der Waals surface area contributed by atoms with Gasteiger partial charge in [-0.3, -0.25) is 4.90 Å². The zero-order valence-electron chi connectivity index (χ0n) is 14.6. The first-order valence-corrected chi connectivity index (χ1v) is 9.14. The van der Waals surface area contributed by atoms with Crippen LogP contribution in [0.15, 0.2) is 54.6 Å². The maximum atomic E-state index is 5.78. The van der Waals surface area contributed by atoms with E-state index in [0.717, 1.165) is 55.9 Å². The molecule has 2 aromatic carbocycles. The van der Waals surface area contributed by atoms with Crippen LogP contribution in [0.1, 0.15) is 5.56 Å². The third kappa shape index (κ3) is 5.44. The second-order valence-corrected chi connectivity index (χ2v) is 6.67. The van der Waals surface area contributed by atoms with E-state index in [4.69, 9.17) is 17.0 Å². The first-order chi connectivity index (χ1) is 12.2. The molecule has 0 amide bonds. The number of para-hydroxylation sites is 1. The van der Waals surface area contributed by atoms with Crippen molar-refractivity contribution in [3.8, 4) is 5.75 Å². The van der Waals surface area contributed by atoms with E-state index in [0.29, 0.717) is 0 Å². The second kappa shape index (κ2) is 8.83. The summed E-state index contributed by atoms with van der Waals surface area (Å²) in [7, 11) is 0. The van der Waals surface area contributed by atoms with Crippen LogP contribution in [0.5, 0.6) is 5.75 Å². The van der Waals surface area contributed by atoms with E-state index >= 15 is 0 Å². The molecule has 1 heterocycles. The Morgan fingerprint density at radius 1 is 1.00 bits per heavy atom. The summed E-state index contributed by atoms with van der Waals surface area (Å²) in [6.45, 7) is 7.66. The summed E-state index contributed by atoms with van der Waals surface area (Å²) in [6, 6.07) is 18.3. The van der Waals surface area contributed by atoms with Crippen molar-refractivity contribution in [2.45, 2.75) is 6.92 Å². The third-order valence-electron chi connectivity index (χ3n) is 4.38. The van der Waals surface area contributed by atoms with Gasteiger partial charge in [0.15, 0.2) is 5.11 Å². The number of benzene rings is 2. The van der Waals surface area contributed by atoms with Crippen LogP contribution in [0.25, 0.3) is 0 Å². The van der Waals surface area contributed by atoms with Crippen molar-refractivity contribution in [3.63, 3.8) is 0 Å². The molecule has 1 aliphatic rings. The minimum absolute atomic E-state index is 0.718. The van der Waals surface area contributed by atoms with Crippen molar-refractivity contribution in [3.05, 3.63) is 60.2 Å². The average molecular weight is 356 g/mol. The Morgan fingerprint density at radius 2 is 1.68 bits per heavy atom. The Morgan fingerprint density at radius 3 is 2.36 bits per heavy atom. The van der Waals surface area contributed by atoms with Crippen molar-refractivity contribution in [1.82, 2.24) is 9.80 Å². The SMILES string of the molecule is Cc1ccc(NC(=S)N2CCN(CCOc3ccccc3)CC2)cc1. The van der Waals surface area contributed by atoms with Crippen molar-refractivity contribution in [2.75, 3.05) is 44.6 Å². The smallest absolute Gasteiger partial charge is 0.173 e. The Kier molecular flexibility index (Phi) is 6.25. The molecule has 0 spiro atoms. The summed E-state index contributed by atoms with van der Waals surface area (Å²) in [5.41, 5.74) is 2.30. The van der Waals surface area contributed by atoms with E-state index < -0.39 is 0 Å². The number of nitrogens with one attached hydrogen (secondary N) is 1. The molecule has 0 aromatic heterocycles. The lowest BCUT2D eigenvalue weighted by Crippen LogP contribution is -2.50. The molecule has 0 bridgehead atoms. The molecule has 25 heavy (non-hydrogen) atoms. The fourth-order valence-electron chi connectivity index (χ4n) is 2.82. The predicted octanol–water partition coefficient (Wildman–Crippen LogP) is 3.39.